The molecule has 0 saturated heterocycles. The lowest BCUT2D eigenvalue weighted by atomic mass is 9.86. The predicted octanol–water partition coefficient (Wildman–Crippen LogP) is 6.63. The molecule has 0 N–H and O–H groups in total. The first-order valence-electron chi connectivity index (χ1n) is 15.1. The number of carbonyl (C=O) groups excluding carboxylic acids is 2. The molecule has 0 radical (unpaired) electrons. The molecule has 4 rings (SSSR count). The van der Waals surface area contributed by atoms with Crippen LogP contribution < -0.4 is 10.4 Å². The van der Waals surface area contributed by atoms with Crippen molar-refractivity contribution < 1.29 is 23.5 Å². The van der Waals surface area contributed by atoms with Gasteiger partial charge in [-0.05, 0) is 41.1 Å². The minimum atomic E-state index is -2.77. The van der Waals surface area contributed by atoms with Gasteiger partial charge in [0, 0.05) is 18.9 Å². The summed E-state index contributed by atoms with van der Waals surface area (Å²) in [6.45, 7) is 10.5. The molecule has 1 aliphatic heterocycles. The van der Waals surface area contributed by atoms with Gasteiger partial charge in [0.25, 0.3) is 8.32 Å². The maximum atomic E-state index is 13.1. The quantitative estimate of drug-likeness (QED) is 0.175. The molecule has 2 aliphatic rings. The molecule has 0 spiro atoms. The van der Waals surface area contributed by atoms with E-state index >= 15 is 0 Å². The second kappa shape index (κ2) is 13.3. The Morgan fingerprint density at radius 2 is 1.57 bits per heavy atom. The number of hydrogen-bond acceptors (Lipinski definition) is 5. The van der Waals surface area contributed by atoms with Gasteiger partial charge < -0.3 is 13.9 Å². The molecule has 0 amide bonds. The molecule has 1 heterocycles. The largest absolute Gasteiger partial charge is 0.492 e. The molecule has 1 aliphatic carbocycles. The van der Waals surface area contributed by atoms with Crippen LogP contribution in [-0.4, -0.2) is 38.4 Å². The molecular weight excluding hydrogens is 516 g/mol. The van der Waals surface area contributed by atoms with Crippen molar-refractivity contribution in [3.05, 3.63) is 72.0 Å². The molecular formula is C34H46O5Si. The first kappa shape index (κ1) is 30.3. The van der Waals surface area contributed by atoms with Gasteiger partial charge in [0.15, 0.2) is 6.10 Å². The van der Waals surface area contributed by atoms with Crippen LogP contribution in [0, 0.1) is 0 Å². The van der Waals surface area contributed by atoms with Gasteiger partial charge in [-0.2, -0.15) is 0 Å². The molecule has 6 heteroatoms. The number of esters is 1. The average molecular weight is 563 g/mol. The fourth-order valence-corrected chi connectivity index (χ4v) is 11.1. The minimum Gasteiger partial charge on any atom is -0.492 e. The van der Waals surface area contributed by atoms with E-state index < -0.39 is 20.4 Å². The van der Waals surface area contributed by atoms with Gasteiger partial charge in [-0.1, -0.05) is 114 Å². The fraction of sp³-hybridized carbons (Fsp3) is 0.529. The second-order valence-electron chi connectivity index (χ2n) is 12.3. The van der Waals surface area contributed by atoms with Crippen molar-refractivity contribution in [1.29, 1.82) is 0 Å². The van der Waals surface area contributed by atoms with E-state index in [0.717, 1.165) is 18.6 Å². The van der Waals surface area contributed by atoms with Crippen LogP contribution in [0.1, 0.15) is 92.4 Å². The second-order valence-corrected chi connectivity index (χ2v) is 16.5. The third-order valence-corrected chi connectivity index (χ3v) is 13.4. The van der Waals surface area contributed by atoms with Crippen molar-refractivity contribution in [1.82, 2.24) is 0 Å². The summed E-state index contributed by atoms with van der Waals surface area (Å²) in [4.78, 5) is 24.6. The first-order valence-corrected chi connectivity index (χ1v) is 17.0. The zero-order valence-electron chi connectivity index (χ0n) is 24.9. The van der Waals surface area contributed by atoms with Crippen LogP contribution in [0.25, 0.3) is 0 Å². The number of ether oxygens (including phenoxy) is 2. The summed E-state index contributed by atoms with van der Waals surface area (Å²) < 4.78 is 19.6. The number of ketones is 1. The van der Waals surface area contributed by atoms with Gasteiger partial charge in [0.2, 0.25) is 5.78 Å². The molecule has 40 heavy (non-hydrogen) atoms. The molecule has 0 bridgehead atoms. The zero-order valence-corrected chi connectivity index (χ0v) is 25.9. The van der Waals surface area contributed by atoms with Crippen LogP contribution in [0.2, 0.25) is 5.04 Å². The summed E-state index contributed by atoms with van der Waals surface area (Å²) >= 11 is 0. The topological polar surface area (TPSA) is 61.8 Å². The van der Waals surface area contributed by atoms with E-state index in [9.17, 15) is 9.59 Å². The van der Waals surface area contributed by atoms with E-state index in [4.69, 9.17) is 13.9 Å². The van der Waals surface area contributed by atoms with Gasteiger partial charge >= 0.3 is 5.97 Å². The Morgan fingerprint density at radius 3 is 2.12 bits per heavy atom. The van der Waals surface area contributed by atoms with E-state index in [-0.39, 0.29) is 23.0 Å². The smallest absolute Gasteiger partial charge is 0.303 e. The third kappa shape index (κ3) is 6.60. The van der Waals surface area contributed by atoms with Crippen LogP contribution in [-0.2, 0) is 23.5 Å². The monoisotopic (exact) mass is 562 g/mol. The summed E-state index contributed by atoms with van der Waals surface area (Å²) in [7, 11) is -2.77. The van der Waals surface area contributed by atoms with Crippen LogP contribution in [0.4, 0.5) is 0 Å². The Morgan fingerprint density at radius 1 is 0.950 bits per heavy atom. The number of unbranched alkanes of at least 4 members (excludes halogenated alkanes) is 3. The van der Waals surface area contributed by atoms with Crippen LogP contribution >= 0.6 is 0 Å². The Bertz CT molecular complexity index is 1130. The summed E-state index contributed by atoms with van der Waals surface area (Å²) in [5.74, 6) is 0.263. The van der Waals surface area contributed by atoms with E-state index in [1.807, 2.05) is 0 Å². The van der Waals surface area contributed by atoms with Crippen molar-refractivity contribution in [3.8, 4) is 0 Å². The highest BCUT2D eigenvalue weighted by atomic mass is 28.4. The molecule has 0 saturated carbocycles. The average Bonchev–Trinajstić information content (AvgIpc) is 2.94. The molecule has 0 aromatic heterocycles. The molecule has 5 nitrogen and oxygen atoms in total. The standard InChI is InChI=1S/C34H46O5Si/c1-6-7-8-15-20-31(30-22-21-28-29(38-30)23-24-32(33(28)36)37-25(2)35)39-40(34(3,4)5,26-16-11-9-12-17-26)27-18-13-10-14-19-27/h9-14,16-19,30-32H,6-8,15,20-24H2,1-5H3/t30-,31?,32?/m0/s1. The Labute approximate surface area is 241 Å². The molecule has 2 aromatic carbocycles. The van der Waals surface area contributed by atoms with Gasteiger partial charge in [0.05, 0.1) is 6.10 Å². The van der Waals surface area contributed by atoms with Crippen LogP contribution in [0.5, 0.6) is 0 Å². The minimum absolute atomic E-state index is 0.0951. The van der Waals surface area contributed by atoms with Crippen molar-refractivity contribution in [2.75, 3.05) is 0 Å². The van der Waals surface area contributed by atoms with Crippen LogP contribution in [0.3, 0.4) is 0 Å². The molecule has 216 valence electrons. The normalized spacial score (nSPS) is 20.5. The summed E-state index contributed by atoms with van der Waals surface area (Å²) in [6.07, 6.45) is 7.07. The Balaban J connectivity index is 1.70. The Kier molecular flexibility index (Phi) is 10.1. The lowest BCUT2D eigenvalue weighted by Gasteiger charge is -2.47. The Hall–Kier alpha value is -2.70. The first-order chi connectivity index (χ1) is 19.2. The maximum absolute atomic E-state index is 13.1. The van der Waals surface area contributed by atoms with Crippen molar-refractivity contribution >= 4 is 30.4 Å². The number of hydrogen-bond donors (Lipinski definition) is 0. The number of allylic oxidation sites excluding steroid dienone is 1. The van der Waals surface area contributed by atoms with E-state index in [1.54, 1.807) is 0 Å². The highest BCUT2D eigenvalue weighted by Crippen LogP contribution is 2.41. The lowest BCUT2D eigenvalue weighted by molar-refractivity contribution is -0.153. The highest BCUT2D eigenvalue weighted by Gasteiger charge is 2.52. The van der Waals surface area contributed by atoms with Gasteiger partial charge in [-0.25, -0.2) is 0 Å². The predicted molar refractivity (Wildman–Crippen MR) is 162 cm³/mol. The third-order valence-electron chi connectivity index (χ3n) is 8.34. The fourth-order valence-electron chi connectivity index (χ4n) is 6.38. The maximum Gasteiger partial charge on any atom is 0.303 e. The highest BCUT2D eigenvalue weighted by molar-refractivity contribution is 6.99. The van der Waals surface area contributed by atoms with Crippen molar-refractivity contribution in [2.45, 2.75) is 116 Å². The van der Waals surface area contributed by atoms with E-state index in [1.165, 1.54) is 36.6 Å². The zero-order chi connectivity index (χ0) is 28.8. The van der Waals surface area contributed by atoms with Gasteiger partial charge in [-0.15, -0.1) is 0 Å². The summed E-state index contributed by atoms with van der Waals surface area (Å²) in [6, 6.07) is 21.5. The number of benzene rings is 2. The molecule has 3 atom stereocenters. The lowest BCUT2D eigenvalue weighted by Crippen LogP contribution is -2.68. The van der Waals surface area contributed by atoms with E-state index in [0.29, 0.717) is 31.3 Å². The van der Waals surface area contributed by atoms with E-state index in [2.05, 4.69) is 88.4 Å². The van der Waals surface area contributed by atoms with Gasteiger partial charge in [-0.3, -0.25) is 9.59 Å². The molecule has 2 aromatic rings. The number of rotatable bonds is 11. The summed E-state index contributed by atoms with van der Waals surface area (Å²) in [5.41, 5.74) is 0.698. The molecule has 2 unspecified atom stereocenters. The SMILES string of the molecule is CCCCCCC(O[Si](c1ccccc1)(c1ccccc1)C(C)(C)C)[C@@H]1CCC2=C(CCC(OC(C)=O)C2=O)O1. The van der Waals surface area contributed by atoms with Crippen LogP contribution in [0.15, 0.2) is 72.0 Å². The van der Waals surface area contributed by atoms with Crippen molar-refractivity contribution in [3.63, 3.8) is 0 Å². The van der Waals surface area contributed by atoms with Crippen molar-refractivity contribution in [2.24, 2.45) is 0 Å². The number of Topliss-reactive ketones (excluding diaryl/α,β-unsaturated/α-hetero) is 1. The number of carbonyl (C=O) groups is 2. The summed E-state index contributed by atoms with van der Waals surface area (Å²) in [5, 5.41) is 2.40. The van der Waals surface area contributed by atoms with Gasteiger partial charge in [0.1, 0.15) is 11.9 Å². The molecule has 0 fully saturated rings.